The van der Waals surface area contributed by atoms with Crippen LogP contribution in [0.4, 0.5) is 4.39 Å². The van der Waals surface area contributed by atoms with Crippen LogP contribution in [0.1, 0.15) is 46.0 Å². The van der Waals surface area contributed by atoms with Crippen molar-refractivity contribution < 1.29 is 4.39 Å². The third kappa shape index (κ3) is 3.19. The molecule has 0 aromatic carbocycles. The predicted octanol–water partition coefficient (Wildman–Crippen LogP) is 3.49. The maximum absolute atomic E-state index is 13.8. The van der Waals surface area contributed by atoms with Crippen LogP contribution in [-0.2, 0) is 0 Å². The number of halogens is 1. The topological polar surface area (TPSA) is 3.24 Å². The average Bonchev–Trinajstić information content (AvgIpc) is 2.20. The molecule has 2 aliphatic rings. The van der Waals surface area contributed by atoms with Crippen LogP contribution in [0.2, 0.25) is 0 Å². The molecule has 1 saturated heterocycles. The fraction of sp³-hybridized carbons (Fsp3) is 1.00. The quantitative estimate of drug-likeness (QED) is 0.698. The molecule has 0 aromatic heterocycles. The van der Waals surface area contributed by atoms with Gasteiger partial charge in [0.15, 0.2) is 0 Å². The molecule has 2 fully saturated rings. The molecule has 0 amide bonds. The first kappa shape index (κ1) is 12.3. The number of rotatable bonds is 2. The van der Waals surface area contributed by atoms with E-state index in [0.717, 1.165) is 37.6 Å². The van der Waals surface area contributed by atoms with Gasteiger partial charge in [0, 0.05) is 25.6 Å². The molecule has 0 aromatic rings. The summed E-state index contributed by atoms with van der Waals surface area (Å²) in [6, 6.07) is 0. The van der Waals surface area contributed by atoms with Crippen LogP contribution in [0.25, 0.3) is 0 Å². The molecule has 4 atom stereocenters. The lowest BCUT2D eigenvalue weighted by Gasteiger charge is -2.38. The minimum atomic E-state index is -0.527. The zero-order valence-corrected chi connectivity index (χ0v) is 10.8. The van der Waals surface area contributed by atoms with Crippen molar-refractivity contribution in [3.05, 3.63) is 0 Å². The summed E-state index contributed by atoms with van der Waals surface area (Å²) < 4.78 is 13.8. The van der Waals surface area contributed by atoms with Crippen molar-refractivity contribution in [3.63, 3.8) is 0 Å². The van der Waals surface area contributed by atoms with E-state index in [0.29, 0.717) is 5.92 Å². The molecule has 2 heteroatoms. The molecule has 2 rings (SSSR count). The van der Waals surface area contributed by atoms with Gasteiger partial charge in [-0.1, -0.05) is 26.7 Å². The molecular formula is C14H26FN. The highest BCUT2D eigenvalue weighted by molar-refractivity contribution is 4.81. The largest absolute Gasteiger partial charge is 0.302 e. The number of hydrogen-bond acceptors (Lipinski definition) is 1. The molecule has 94 valence electrons. The maximum Gasteiger partial charge on any atom is 0.104 e. The van der Waals surface area contributed by atoms with E-state index >= 15 is 0 Å². The van der Waals surface area contributed by atoms with E-state index in [1.165, 1.54) is 25.9 Å². The van der Waals surface area contributed by atoms with Crippen LogP contribution in [-0.4, -0.2) is 30.7 Å². The van der Waals surface area contributed by atoms with Crippen molar-refractivity contribution in [2.75, 3.05) is 19.6 Å². The summed E-state index contributed by atoms with van der Waals surface area (Å²) in [7, 11) is 0. The van der Waals surface area contributed by atoms with Gasteiger partial charge in [-0.15, -0.1) is 0 Å². The molecule has 0 spiro atoms. The lowest BCUT2D eigenvalue weighted by Crippen LogP contribution is -2.43. The van der Waals surface area contributed by atoms with Crippen LogP contribution in [0.3, 0.4) is 0 Å². The van der Waals surface area contributed by atoms with Gasteiger partial charge in [0.25, 0.3) is 0 Å². The lowest BCUT2D eigenvalue weighted by atomic mass is 9.85. The summed E-state index contributed by atoms with van der Waals surface area (Å²) in [6.07, 6.45) is 5.08. The summed E-state index contributed by atoms with van der Waals surface area (Å²) in [6.45, 7) is 8.05. The summed E-state index contributed by atoms with van der Waals surface area (Å²) >= 11 is 0. The molecule has 4 unspecified atom stereocenters. The predicted molar refractivity (Wildman–Crippen MR) is 66.2 cm³/mol. The SMILES string of the molecule is CC1CC(C)CN(CC2CCCCC2F)C1. The van der Waals surface area contributed by atoms with Crippen molar-refractivity contribution in [1.29, 1.82) is 0 Å². The molecule has 0 radical (unpaired) electrons. The van der Waals surface area contributed by atoms with Crippen molar-refractivity contribution in [1.82, 2.24) is 4.90 Å². The van der Waals surface area contributed by atoms with Gasteiger partial charge in [0.05, 0.1) is 0 Å². The second-order valence-electron chi connectivity index (χ2n) is 6.23. The van der Waals surface area contributed by atoms with Crippen molar-refractivity contribution >= 4 is 0 Å². The molecule has 0 bridgehead atoms. The molecule has 1 aliphatic heterocycles. The van der Waals surface area contributed by atoms with Crippen molar-refractivity contribution in [3.8, 4) is 0 Å². The molecule has 1 aliphatic carbocycles. The third-order valence-corrected chi connectivity index (χ3v) is 4.25. The first-order chi connectivity index (χ1) is 7.65. The van der Waals surface area contributed by atoms with E-state index in [1.807, 2.05) is 0 Å². The summed E-state index contributed by atoms with van der Waals surface area (Å²) in [5.74, 6) is 1.92. The van der Waals surface area contributed by atoms with Gasteiger partial charge >= 0.3 is 0 Å². The van der Waals surface area contributed by atoms with Gasteiger partial charge in [-0.25, -0.2) is 4.39 Å². The Kier molecular flexibility index (Phi) is 4.23. The van der Waals surface area contributed by atoms with Gasteiger partial charge in [0.2, 0.25) is 0 Å². The Bertz CT molecular complexity index is 209. The monoisotopic (exact) mass is 227 g/mol. The highest BCUT2D eigenvalue weighted by Gasteiger charge is 2.29. The van der Waals surface area contributed by atoms with Gasteiger partial charge in [-0.2, -0.15) is 0 Å². The van der Waals surface area contributed by atoms with Gasteiger partial charge < -0.3 is 4.90 Å². The molecular weight excluding hydrogens is 201 g/mol. The van der Waals surface area contributed by atoms with Gasteiger partial charge in [0.1, 0.15) is 6.17 Å². The number of alkyl halides is 1. The number of piperidine rings is 1. The lowest BCUT2D eigenvalue weighted by molar-refractivity contribution is 0.0752. The van der Waals surface area contributed by atoms with E-state index in [4.69, 9.17) is 0 Å². The normalized spacial score (nSPS) is 42.2. The first-order valence-electron chi connectivity index (χ1n) is 7.01. The first-order valence-corrected chi connectivity index (χ1v) is 7.01. The maximum atomic E-state index is 13.8. The van der Waals surface area contributed by atoms with Crippen LogP contribution in [0.5, 0.6) is 0 Å². The van der Waals surface area contributed by atoms with Crippen LogP contribution < -0.4 is 0 Å². The molecule has 16 heavy (non-hydrogen) atoms. The number of nitrogens with zero attached hydrogens (tertiary/aromatic N) is 1. The van der Waals surface area contributed by atoms with Crippen LogP contribution >= 0.6 is 0 Å². The standard InChI is InChI=1S/C14H26FN/c1-11-7-12(2)9-16(8-11)10-13-5-3-4-6-14(13)15/h11-14H,3-10H2,1-2H3. The Labute approximate surface area is 99.4 Å². The minimum Gasteiger partial charge on any atom is -0.302 e. The summed E-state index contributed by atoms with van der Waals surface area (Å²) in [5, 5.41) is 0. The second kappa shape index (κ2) is 5.48. The average molecular weight is 227 g/mol. The highest BCUT2D eigenvalue weighted by atomic mass is 19.1. The van der Waals surface area contributed by atoms with Crippen LogP contribution in [0.15, 0.2) is 0 Å². The zero-order valence-electron chi connectivity index (χ0n) is 10.8. The molecule has 1 nitrogen and oxygen atoms in total. The van der Waals surface area contributed by atoms with Gasteiger partial charge in [-0.3, -0.25) is 0 Å². The number of likely N-dealkylation sites (tertiary alicyclic amines) is 1. The van der Waals surface area contributed by atoms with Crippen molar-refractivity contribution in [2.24, 2.45) is 17.8 Å². The van der Waals surface area contributed by atoms with Gasteiger partial charge in [-0.05, 0) is 31.1 Å². The Hall–Kier alpha value is -0.110. The Morgan fingerprint density at radius 3 is 2.31 bits per heavy atom. The fourth-order valence-corrected chi connectivity index (χ4v) is 3.64. The van der Waals surface area contributed by atoms with E-state index in [2.05, 4.69) is 18.7 Å². The fourth-order valence-electron chi connectivity index (χ4n) is 3.64. The van der Waals surface area contributed by atoms with E-state index in [9.17, 15) is 4.39 Å². The summed E-state index contributed by atoms with van der Waals surface area (Å²) in [5.41, 5.74) is 0. The Balaban J connectivity index is 1.83. The highest BCUT2D eigenvalue weighted by Crippen LogP contribution is 2.29. The second-order valence-corrected chi connectivity index (χ2v) is 6.23. The smallest absolute Gasteiger partial charge is 0.104 e. The van der Waals surface area contributed by atoms with Crippen LogP contribution in [0, 0.1) is 17.8 Å². The van der Waals surface area contributed by atoms with E-state index < -0.39 is 6.17 Å². The molecule has 1 heterocycles. The molecule has 1 saturated carbocycles. The number of hydrogen-bond donors (Lipinski definition) is 0. The van der Waals surface area contributed by atoms with E-state index in [-0.39, 0.29) is 0 Å². The third-order valence-electron chi connectivity index (χ3n) is 4.25. The Morgan fingerprint density at radius 2 is 1.69 bits per heavy atom. The summed E-state index contributed by atoms with van der Waals surface area (Å²) in [4.78, 5) is 2.52. The molecule has 0 N–H and O–H groups in total. The van der Waals surface area contributed by atoms with Crippen molar-refractivity contribution in [2.45, 2.75) is 52.1 Å². The Morgan fingerprint density at radius 1 is 1.06 bits per heavy atom. The zero-order chi connectivity index (χ0) is 11.5. The van der Waals surface area contributed by atoms with E-state index in [1.54, 1.807) is 0 Å². The minimum absolute atomic E-state index is 0.325.